The van der Waals surface area contributed by atoms with Crippen molar-refractivity contribution in [2.75, 3.05) is 6.54 Å². The average molecular weight is 221 g/mol. The van der Waals surface area contributed by atoms with Crippen molar-refractivity contribution in [3.63, 3.8) is 0 Å². The third-order valence-corrected chi connectivity index (χ3v) is 3.32. The quantitative estimate of drug-likeness (QED) is 0.829. The van der Waals surface area contributed by atoms with Gasteiger partial charge in [-0.3, -0.25) is 0 Å². The fourth-order valence-electron chi connectivity index (χ4n) is 2.12. The second kappa shape index (κ2) is 5.35. The molecule has 0 radical (unpaired) electrons. The minimum atomic E-state index is -0.276. The van der Waals surface area contributed by atoms with E-state index in [1.165, 1.54) is 0 Å². The van der Waals surface area contributed by atoms with Gasteiger partial charge >= 0.3 is 0 Å². The van der Waals surface area contributed by atoms with E-state index >= 15 is 0 Å². The molecule has 0 bridgehead atoms. The Balaban J connectivity index is 2.95. The molecule has 0 atom stereocenters. The second-order valence-corrected chi connectivity index (χ2v) is 4.88. The van der Waals surface area contributed by atoms with Gasteiger partial charge in [0.05, 0.1) is 0 Å². The number of hydrogen-bond donors (Lipinski definition) is 1. The molecule has 0 aromatic heterocycles. The van der Waals surface area contributed by atoms with Crippen molar-refractivity contribution < 1.29 is 4.74 Å². The first kappa shape index (κ1) is 13.0. The zero-order valence-corrected chi connectivity index (χ0v) is 10.7. The number of benzene rings is 1. The molecule has 0 saturated heterocycles. The highest BCUT2D eigenvalue weighted by molar-refractivity contribution is 5.22. The third kappa shape index (κ3) is 2.56. The zero-order valence-electron chi connectivity index (χ0n) is 10.7. The number of para-hydroxylation sites is 1. The van der Waals surface area contributed by atoms with Crippen LogP contribution in [0.15, 0.2) is 30.3 Å². The molecule has 0 aliphatic heterocycles. The van der Waals surface area contributed by atoms with Gasteiger partial charge in [-0.1, -0.05) is 45.9 Å². The molecule has 1 rings (SSSR count). The first-order valence-corrected chi connectivity index (χ1v) is 5.97. The summed E-state index contributed by atoms with van der Waals surface area (Å²) in [6, 6.07) is 9.92. The lowest BCUT2D eigenvalue weighted by Gasteiger charge is -2.40. The molecule has 1 aromatic rings. The molecule has 0 aliphatic carbocycles. The Hall–Kier alpha value is -1.02. The number of hydrogen-bond acceptors (Lipinski definition) is 2. The smallest absolute Gasteiger partial charge is 0.126 e. The Morgan fingerprint density at radius 3 is 1.94 bits per heavy atom. The SMILES string of the molecule is CC(C)C(CN)(Oc1ccccc1)C(C)C. The Morgan fingerprint density at radius 1 is 1.06 bits per heavy atom. The minimum absolute atomic E-state index is 0.276. The van der Waals surface area contributed by atoms with Crippen molar-refractivity contribution in [3.05, 3.63) is 30.3 Å². The van der Waals surface area contributed by atoms with Gasteiger partial charge in [-0.25, -0.2) is 0 Å². The van der Waals surface area contributed by atoms with Crippen LogP contribution < -0.4 is 10.5 Å². The lowest BCUT2D eigenvalue weighted by atomic mass is 9.80. The lowest BCUT2D eigenvalue weighted by Crippen LogP contribution is -2.52. The van der Waals surface area contributed by atoms with Crippen LogP contribution in [0.25, 0.3) is 0 Å². The highest BCUT2D eigenvalue weighted by Gasteiger charge is 2.38. The standard InChI is InChI=1S/C14H23NO/c1-11(2)14(10-15,12(3)4)16-13-8-6-5-7-9-13/h5-9,11-12H,10,15H2,1-4H3. The Morgan fingerprint density at radius 2 is 1.56 bits per heavy atom. The van der Waals surface area contributed by atoms with Gasteiger partial charge in [-0.2, -0.15) is 0 Å². The van der Waals surface area contributed by atoms with Crippen molar-refractivity contribution >= 4 is 0 Å². The van der Waals surface area contributed by atoms with Crippen LogP contribution in [0, 0.1) is 11.8 Å². The number of rotatable bonds is 5. The molecule has 2 heteroatoms. The molecule has 2 N–H and O–H groups in total. The summed E-state index contributed by atoms with van der Waals surface area (Å²) in [5, 5.41) is 0. The zero-order chi connectivity index (χ0) is 12.2. The Kier molecular flexibility index (Phi) is 4.36. The van der Waals surface area contributed by atoms with E-state index in [1.807, 2.05) is 30.3 Å². The van der Waals surface area contributed by atoms with Crippen molar-refractivity contribution in [2.45, 2.75) is 33.3 Å². The maximum atomic E-state index is 6.15. The van der Waals surface area contributed by atoms with E-state index in [-0.39, 0.29) is 5.60 Å². The molecule has 0 unspecified atom stereocenters. The van der Waals surface area contributed by atoms with Crippen molar-refractivity contribution in [1.29, 1.82) is 0 Å². The molecular formula is C14H23NO. The molecule has 0 fully saturated rings. The predicted octanol–water partition coefficient (Wildman–Crippen LogP) is 3.07. The highest BCUT2D eigenvalue weighted by atomic mass is 16.5. The predicted molar refractivity (Wildman–Crippen MR) is 68.5 cm³/mol. The molecule has 0 amide bonds. The molecular weight excluding hydrogens is 198 g/mol. The van der Waals surface area contributed by atoms with Crippen LogP contribution in [0.5, 0.6) is 5.75 Å². The number of nitrogens with two attached hydrogens (primary N) is 1. The monoisotopic (exact) mass is 221 g/mol. The van der Waals surface area contributed by atoms with E-state index in [1.54, 1.807) is 0 Å². The summed E-state index contributed by atoms with van der Waals surface area (Å²) in [5.74, 6) is 1.67. The fourth-order valence-corrected chi connectivity index (χ4v) is 2.12. The van der Waals surface area contributed by atoms with Crippen LogP contribution in [-0.4, -0.2) is 12.1 Å². The Labute approximate surface area is 98.8 Å². The van der Waals surface area contributed by atoms with Crippen LogP contribution >= 0.6 is 0 Å². The van der Waals surface area contributed by atoms with Gasteiger partial charge in [0, 0.05) is 6.54 Å². The van der Waals surface area contributed by atoms with Gasteiger partial charge in [0.15, 0.2) is 0 Å². The molecule has 2 nitrogen and oxygen atoms in total. The van der Waals surface area contributed by atoms with Crippen molar-refractivity contribution in [1.82, 2.24) is 0 Å². The first-order valence-electron chi connectivity index (χ1n) is 5.97. The van der Waals surface area contributed by atoms with E-state index in [9.17, 15) is 0 Å². The van der Waals surface area contributed by atoms with Crippen molar-refractivity contribution in [3.8, 4) is 5.75 Å². The lowest BCUT2D eigenvalue weighted by molar-refractivity contribution is -0.0126. The van der Waals surface area contributed by atoms with Crippen LogP contribution in [0.2, 0.25) is 0 Å². The van der Waals surface area contributed by atoms with E-state index in [2.05, 4.69) is 27.7 Å². The van der Waals surface area contributed by atoms with E-state index in [4.69, 9.17) is 10.5 Å². The van der Waals surface area contributed by atoms with Gasteiger partial charge in [0.2, 0.25) is 0 Å². The van der Waals surface area contributed by atoms with E-state index in [0.717, 1.165) is 5.75 Å². The normalized spacial score (nSPS) is 12.2. The summed E-state index contributed by atoms with van der Waals surface area (Å²) in [4.78, 5) is 0. The molecule has 0 aliphatic rings. The fraction of sp³-hybridized carbons (Fsp3) is 0.571. The molecule has 0 spiro atoms. The minimum Gasteiger partial charge on any atom is -0.485 e. The first-order chi connectivity index (χ1) is 7.53. The van der Waals surface area contributed by atoms with E-state index in [0.29, 0.717) is 18.4 Å². The summed E-state index contributed by atoms with van der Waals surface area (Å²) in [6.45, 7) is 9.19. The molecule has 90 valence electrons. The van der Waals surface area contributed by atoms with Crippen molar-refractivity contribution in [2.24, 2.45) is 17.6 Å². The van der Waals surface area contributed by atoms with Crippen LogP contribution in [0.3, 0.4) is 0 Å². The molecule has 16 heavy (non-hydrogen) atoms. The maximum absolute atomic E-state index is 6.15. The summed E-state index contributed by atoms with van der Waals surface area (Å²) < 4.78 is 6.15. The molecule has 1 aromatic carbocycles. The Bertz CT molecular complexity index is 298. The molecule has 0 saturated carbocycles. The summed E-state index contributed by atoms with van der Waals surface area (Å²) in [5.41, 5.74) is 5.66. The summed E-state index contributed by atoms with van der Waals surface area (Å²) in [6.07, 6.45) is 0. The summed E-state index contributed by atoms with van der Waals surface area (Å²) >= 11 is 0. The van der Waals surface area contributed by atoms with Gasteiger partial charge < -0.3 is 10.5 Å². The summed E-state index contributed by atoms with van der Waals surface area (Å²) in [7, 11) is 0. The van der Waals surface area contributed by atoms with E-state index < -0.39 is 0 Å². The van der Waals surface area contributed by atoms with Gasteiger partial charge in [-0.05, 0) is 24.0 Å². The highest BCUT2D eigenvalue weighted by Crippen LogP contribution is 2.31. The topological polar surface area (TPSA) is 35.2 Å². The molecule has 0 heterocycles. The van der Waals surface area contributed by atoms with Gasteiger partial charge in [0.1, 0.15) is 11.4 Å². The largest absolute Gasteiger partial charge is 0.485 e. The third-order valence-electron chi connectivity index (χ3n) is 3.32. The van der Waals surface area contributed by atoms with Gasteiger partial charge in [-0.15, -0.1) is 0 Å². The van der Waals surface area contributed by atoms with Crippen LogP contribution in [0.1, 0.15) is 27.7 Å². The second-order valence-electron chi connectivity index (χ2n) is 4.88. The number of ether oxygens (including phenoxy) is 1. The maximum Gasteiger partial charge on any atom is 0.126 e. The van der Waals surface area contributed by atoms with Gasteiger partial charge in [0.25, 0.3) is 0 Å². The average Bonchev–Trinajstić information content (AvgIpc) is 2.26. The van der Waals surface area contributed by atoms with Crippen LogP contribution in [-0.2, 0) is 0 Å². The van der Waals surface area contributed by atoms with Crippen LogP contribution in [0.4, 0.5) is 0 Å².